The Hall–Kier alpha value is -2.32. The molecule has 2 aromatic heterocycles. The van der Waals surface area contributed by atoms with Crippen molar-refractivity contribution < 1.29 is 9.90 Å². The van der Waals surface area contributed by atoms with Crippen molar-refractivity contribution in [1.29, 1.82) is 0 Å². The van der Waals surface area contributed by atoms with Crippen LogP contribution in [0.5, 0.6) is 0 Å². The largest absolute Gasteiger partial charge is 0.480 e. The zero-order valence-electron chi connectivity index (χ0n) is 12.6. The summed E-state index contributed by atoms with van der Waals surface area (Å²) in [6.07, 6.45) is 6.76. The number of carbonyl (C=O) groups is 1. The fourth-order valence-electron chi connectivity index (χ4n) is 1.63. The average molecular weight is 312 g/mol. The Kier molecular flexibility index (Phi) is 4.84. The fourth-order valence-corrected chi connectivity index (χ4v) is 2.61. The minimum Gasteiger partial charge on any atom is -0.480 e. The number of carboxylic acids is 1. The minimum atomic E-state index is -0.926. The highest BCUT2D eigenvalue weighted by atomic mass is 32.2. The van der Waals surface area contributed by atoms with E-state index in [2.05, 4.69) is 21.8 Å². The first-order valence-corrected chi connectivity index (χ1v) is 7.51. The Morgan fingerprint density at radius 2 is 1.77 bits per heavy atom. The van der Waals surface area contributed by atoms with E-state index in [1.165, 1.54) is 11.8 Å². The van der Waals surface area contributed by atoms with Gasteiger partial charge in [-0.1, -0.05) is 11.8 Å². The van der Waals surface area contributed by atoms with Crippen molar-refractivity contribution in [2.75, 3.05) is 0 Å². The van der Waals surface area contributed by atoms with Gasteiger partial charge in [0.2, 0.25) is 0 Å². The molecule has 0 saturated carbocycles. The second kappa shape index (κ2) is 6.63. The van der Waals surface area contributed by atoms with Crippen LogP contribution in [-0.2, 0) is 4.79 Å². The maximum Gasteiger partial charge on any atom is 0.319 e. The molecule has 5 heteroatoms. The molecule has 0 aliphatic rings. The molecule has 0 spiro atoms. The summed E-state index contributed by atoms with van der Waals surface area (Å²) in [5.74, 6) is 5.31. The number of hydrogen-bond acceptors (Lipinski definition) is 4. The number of aliphatic carboxylic acids is 1. The van der Waals surface area contributed by atoms with Gasteiger partial charge in [0.25, 0.3) is 0 Å². The number of carboxylic acid groups (broad SMARTS) is 1. The molecule has 112 valence electrons. The van der Waals surface area contributed by atoms with Crippen LogP contribution in [0.1, 0.15) is 30.5 Å². The molecular weight excluding hydrogens is 296 g/mol. The van der Waals surface area contributed by atoms with Crippen LogP contribution in [0.3, 0.4) is 0 Å². The lowest BCUT2D eigenvalue weighted by molar-refractivity contribution is -0.138. The van der Waals surface area contributed by atoms with Gasteiger partial charge in [0.1, 0.15) is 4.75 Å². The van der Waals surface area contributed by atoms with Crippen LogP contribution in [0.2, 0.25) is 0 Å². The molecule has 0 aliphatic heterocycles. The summed E-state index contributed by atoms with van der Waals surface area (Å²) < 4.78 is -0.926. The standard InChI is InChI=1S/C17H16N2O2S/c1-12-10-18-8-6-13(12)4-5-14-11-19-9-7-15(14)22-17(2,3)16(20)21/h6-11H,1-3H3,(H,20,21). The Labute approximate surface area is 134 Å². The Balaban J connectivity index is 2.35. The van der Waals surface area contributed by atoms with Crippen molar-refractivity contribution in [2.45, 2.75) is 30.4 Å². The normalized spacial score (nSPS) is 10.7. The van der Waals surface area contributed by atoms with E-state index >= 15 is 0 Å². The van der Waals surface area contributed by atoms with Crippen molar-refractivity contribution in [2.24, 2.45) is 0 Å². The van der Waals surface area contributed by atoms with Gasteiger partial charge in [0.05, 0.1) is 5.56 Å². The SMILES string of the molecule is Cc1cnccc1C#Cc1cnccc1SC(C)(C)C(=O)O. The summed E-state index contributed by atoms with van der Waals surface area (Å²) in [6, 6.07) is 3.64. The highest BCUT2D eigenvalue weighted by Crippen LogP contribution is 2.34. The smallest absolute Gasteiger partial charge is 0.319 e. The first kappa shape index (κ1) is 16.1. The van der Waals surface area contributed by atoms with Gasteiger partial charge in [-0.05, 0) is 38.5 Å². The van der Waals surface area contributed by atoms with Gasteiger partial charge in [-0.15, -0.1) is 11.8 Å². The molecular formula is C17H16N2O2S. The Bertz CT molecular complexity index is 760. The average Bonchev–Trinajstić information content (AvgIpc) is 2.47. The second-order valence-corrected chi connectivity index (χ2v) is 6.89. The van der Waals surface area contributed by atoms with Crippen molar-refractivity contribution in [3.8, 4) is 11.8 Å². The minimum absolute atomic E-state index is 0.720. The van der Waals surface area contributed by atoms with Gasteiger partial charge in [0.15, 0.2) is 0 Å². The van der Waals surface area contributed by atoms with Gasteiger partial charge >= 0.3 is 5.97 Å². The van der Waals surface area contributed by atoms with E-state index in [9.17, 15) is 9.90 Å². The van der Waals surface area contributed by atoms with E-state index in [0.717, 1.165) is 21.6 Å². The molecule has 0 radical (unpaired) electrons. The summed E-state index contributed by atoms with van der Waals surface area (Å²) in [5, 5.41) is 9.26. The molecule has 0 aliphatic carbocycles. The molecule has 0 amide bonds. The molecule has 2 rings (SSSR count). The predicted molar refractivity (Wildman–Crippen MR) is 86.8 cm³/mol. The predicted octanol–water partition coefficient (Wildman–Crippen LogP) is 3.14. The lowest BCUT2D eigenvalue weighted by Gasteiger charge is -2.18. The van der Waals surface area contributed by atoms with E-state index in [1.54, 1.807) is 44.7 Å². The third kappa shape index (κ3) is 3.86. The number of nitrogens with zero attached hydrogens (tertiary/aromatic N) is 2. The van der Waals surface area contributed by atoms with Gasteiger partial charge in [-0.3, -0.25) is 14.8 Å². The number of rotatable bonds is 3. The number of thioether (sulfide) groups is 1. The lowest BCUT2D eigenvalue weighted by Crippen LogP contribution is -2.27. The van der Waals surface area contributed by atoms with Gasteiger partial charge < -0.3 is 5.11 Å². The third-order valence-electron chi connectivity index (χ3n) is 3.01. The Morgan fingerprint density at radius 3 is 2.45 bits per heavy atom. The third-order valence-corrected chi connectivity index (χ3v) is 4.27. The highest BCUT2D eigenvalue weighted by molar-refractivity contribution is 8.01. The summed E-state index contributed by atoms with van der Waals surface area (Å²) in [6.45, 7) is 5.29. The first-order chi connectivity index (χ1) is 10.4. The molecule has 0 fully saturated rings. The molecule has 22 heavy (non-hydrogen) atoms. The molecule has 0 unspecified atom stereocenters. The van der Waals surface area contributed by atoms with Gasteiger partial charge in [0, 0.05) is 35.2 Å². The monoisotopic (exact) mass is 312 g/mol. The summed E-state index contributed by atoms with van der Waals surface area (Å²) in [4.78, 5) is 20.2. The molecule has 0 bridgehead atoms. The van der Waals surface area contributed by atoms with Crippen LogP contribution in [-0.4, -0.2) is 25.8 Å². The topological polar surface area (TPSA) is 63.1 Å². The van der Waals surface area contributed by atoms with E-state index < -0.39 is 10.7 Å². The zero-order chi connectivity index (χ0) is 16.2. The van der Waals surface area contributed by atoms with E-state index in [4.69, 9.17) is 0 Å². The lowest BCUT2D eigenvalue weighted by atomic mass is 10.1. The summed E-state index contributed by atoms with van der Waals surface area (Å²) in [5.41, 5.74) is 2.62. The molecule has 1 N–H and O–H groups in total. The van der Waals surface area contributed by atoms with Gasteiger partial charge in [-0.2, -0.15) is 0 Å². The number of aryl methyl sites for hydroxylation is 1. The van der Waals surface area contributed by atoms with Crippen LogP contribution in [0.4, 0.5) is 0 Å². The second-order valence-electron chi connectivity index (χ2n) is 5.23. The van der Waals surface area contributed by atoms with Crippen molar-refractivity contribution in [1.82, 2.24) is 9.97 Å². The summed E-state index contributed by atoms with van der Waals surface area (Å²) >= 11 is 1.27. The highest BCUT2D eigenvalue weighted by Gasteiger charge is 2.29. The van der Waals surface area contributed by atoms with Crippen molar-refractivity contribution in [3.05, 3.63) is 53.6 Å². The number of hydrogen-bond donors (Lipinski definition) is 1. The summed E-state index contributed by atoms with van der Waals surface area (Å²) in [7, 11) is 0. The van der Waals surface area contributed by atoms with E-state index in [-0.39, 0.29) is 0 Å². The maximum atomic E-state index is 11.3. The quantitative estimate of drug-likeness (QED) is 0.697. The molecule has 4 nitrogen and oxygen atoms in total. The van der Waals surface area contributed by atoms with Crippen molar-refractivity contribution >= 4 is 17.7 Å². The van der Waals surface area contributed by atoms with Gasteiger partial charge in [-0.25, -0.2) is 0 Å². The zero-order valence-corrected chi connectivity index (χ0v) is 13.4. The van der Waals surface area contributed by atoms with E-state index in [1.807, 2.05) is 13.0 Å². The van der Waals surface area contributed by atoms with Crippen LogP contribution < -0.4 is 0 Å². The molecule has 0 atom stereocenters. The molecule has 0 aromatic carbocycles. The van der Waals surface area contributed by atoms with Crippen LogP contribution in [0, 0.1) is 18.8 Å². The maximum absolute atomic E-state index is 11.3. The fraction of sp³-hybridized carbons (Fsp3) is 0.235. The van der Waals surface area contributed by atoms with Crippen molar-refractivity contribution in [3.63, 3.8) is 0 Å². The van der Waals surface area contributed by atoms with Crippen LogP contribution in [0.15, 0.2) is 41.8 Å². The molecule has 2 heterocycles. The first-order valence-electron chi connectivity index (χ1n) is 6.69. The number of pyridine rings is 2. The van der Waals surface area contributed by atoms with Crippen LogP contribution >= 0.6 is 11.8 Å². The molecule has 0 saturated heterocycles. The Morgan fingerprint density at radius 1 is 1.14 bits per heavy atom. The van der Waals surface area contributed by atoms with E-state index in [0.29, 0.717) is 0 Å². The number of aromatic nitrogens is 2. The molecule has 2 aromatic rings. The van der Waals surface area contributed by atoms with Crippen LogP contribution in [0.25, 0.3) is 0 Å².